The monoisotopic (exact) mass is 336 g/mol. The van der Waals surface area contributed by atoms with Gasteiger partial charge < -0.3 is 14.8 Å². The van der Waals surface area contributed by atoms with E-state index in [0.29, 0.717) is 11.5 Å². The topological polar surface area (TPSA) is 90.7 Å². The highest BCUT2D eigenvalue weighted by molar-refractivity contribution is 6.32. The number of ether oxygens (including phenoxy) is 2. The van der Waals surface area contributed by atoms with Gasteiger partial charge in [0.25, 0.3) is 11.6 Å². The lowest BCUT2D eigenvalue weighted by molar-refractivity contribution is -0.384. The minimum Gasteiger partial charge on any atom is -0.497 e. The summed E-state index contributed by atoms with van der Waals surface area (Å²) in [5, 5.41) is 13.3. The number of nitro groups is 1. The summed E-state index contributed by atoms with van der Waals surface area (Å²) in [5.41, 5.74) is -0.0153. The fourth-order valence-electron chi connectivity index (χ4n) is 1.77. The van der Waals surface area contributed by atoms with Crippen molar-refractivity contribution < 1.29 is 19.2 Å². The molecule has 1 N–H and O–H groups in total. The number of carbonyl (C=O) groups excluding carboxylic acids is 1. The van der Waals surface area contributed by atoms with Crippen molar-refractivity contribution in [2.75, 3.05) is 19.0 Å². The molecule has 120 valence electrons. The second-order valence-electron chi connectivity index (χ2n) is 4.44. The second kappa shape index (κ2) is 7.46. The number of rotatable bonds is 6. The first-order valence-corrected chi connectivity index (χ1v) is 6.88. The molecular formula is C15H13ClN2O5. The average molecular weight is 337 g/mol. The second-order valence-corrected chi connectivity index (χ2v) is 4.85. The lowest BCUT2D eigenvalue weighted by atomic mass is 10.3. The van der Waals surface area contributed by atoms with Gasteiger partial charge in [-0.25, -0.2) is 0 Å². The number of nitro benzene ring substituents is 1. The van der Waals surface area contributed by atoms with Crippen molar-refractivity contribution in [1.29, 1.82) is 0 Å². The van der Waals surface area contributed by atoms with Gasteiger partial charge in [0.05, 0.1) is 12.0 Å². The Kier molecular flexibility index (Phi) is 5.37. The number of carbonyl (C=O) groups is 1. The summed E-state index contributed by atoms with van der Waals surface area (Å²) in [5.74, 6) is 0.627. The maximum atomic E-state index is 11.8. The molecule has 2 aromatic carbocycles. The molecule has 0 atom stereocenters. The molecule has 0 radical (unpaired) electrons. The van der Waals surface area contributed by atoms with Gasteiger partial charge in [0.2, 0.25) is 0 Å². The van der Waals surface area contributed by atoms with E-state index in [9.17, 15) is 14.9 Å². The maximum absolute atomic E-state index is 11.8. The highest BCUT2D eigenvalue weighted by Crippen LogP contribution is 2.27. The minimum atomic E-state index is -0.620. The van der Waals surface area contributed by atoms with E-state index in [0.717, 1.165) is 0 Å². The molecule has 0 unspecified atom stereocenters. The van der Waals surface area contributed by atoms with E-state index in [1.165, 1.54) is 25.3 Å². The number of nitrogens with one attached hydrogen (secondary N) is 1. The summed E-state index contributed by atoms with van der Waals surface area (Å²) in [6, 6.07) is 10.8. The Hall–Kier alpha value is -2.80. The van der Waals surface area contributed by atoms with Crippen LogP contribution < -0.4 is 14.8 Å². The quantitative estimate of drug-likeness (QED) is 0.645. The average Bonchev–Trinajstić information content (AvgIpc) is 2.54. The van der Waals surface area contributed by atoms with Crippen LogP contribution in [0.5, 0.6) is 11.5 Å². The summed E-state index contributed by atoms with van der Waals surface area (Å²) in [6.45, 7) is -0.246. The number of amides is 1. The number of hydrogen-bond acceptors (Lipinski definition) is 5. The zero-order valence-corrected chi connectivity index (χ0v) is 12.9. The van der Waals surface area contributed by atoms with Crippen molar-refractivity contribution in [3.8, 4) is 11.5 Å². The largest absolute Gasteiger partial charge is 0.497 e. The Balaban J connectivity index is 1.97. The number of anilines is 1. The molecule has 23 heavy (non-hydrogen) atoms. The lowest BCUT2D eigenvalue weighted by Crippen LogP contribution is -2.20. The first kappa shape index (κ1) is 16.6. The smallest absolute Gasteiger partial charge is 0.289 e. The van der Waals surface area contributed by atoms with Gasteiger partial charge in [0.1, 0.15) is 16.5 Å². The van der Waals surface area contributed by atoms with E-state index in [-0.39, 0.29) is 23.0 Å². The summed E-state index contributed by atoms with van der Waals surface area (Å²) >= 11 is 5.71. The molecule has 2 rings (SSSR count). The van der Waals surface area contributed by atoms with Crippen molar-refractivity contribution in [2.24, 2.45) is 0 Å². The van der Waals surface area contributed by atoms with Crippen LogP contribution in [0.25, 0.3) is 0 Å². The van der Waals surface area contributed by atoms with Gasteiger partial charge in [-0.1, -0.05) is 17.7 Å². The van der Waals surface area contributed by atoms with Gasteiger partial charge in [-0.2, -0.15) is 0 Å². The van der Waals surface area contributed by atoms with E-state index in [2.05, 4.69) is 5.32 Å². The van der Waals surface area contributed by atoms with Gasteiger partial charge in [0, 0.05) is 17.8 Å². The molecule has 1 amide bonds. The molecule has 0 aliphatic heterocycles. The Bertz CT molecular complexity index is 736. The van der Waals surface area contributed by atoms with Gasteiger partial charge in [0.15, 0.2) is 6.61 Å². The van der Waals surface area contributed by atoms with Crippen molar-refractivity contribution >= 4 is 28.9 Å². The normalized spacial score (nSPS) is 10.0. The zero-order valence-electron chi connectivity index (χ0n) is 12.1. The van der Waals surface area contributed by atoms with Crippen molar-refractivity contribution in [1.82, 2.24) is 0 Å². The summed E-state index contributed by atoms with van der Waals surface area (Å²) in [7, 11) is 1.53. The molecule has 0 aliphatic rings. The number of hydrogen-bond donors (Lipinski definition) is 1. The molecule has 8 heteroatoms. The van der Waals surface area contributed by atoms with E-state index in [4.69, 9.17) is 21.1 Å². The standard InChI is InChI=1S/C15H13ClN2O5/c1-22-11-3-2-4-12(8-11)23-9-15(19)17-10-5-6-13(16)14(7-10)18(20)21/h2-8H,9H2,1H3,(H,17,19). The fraction of sp³-hybridized carbons (Fsp3) is 0.133. The number of nitrogens with zero attached hydrogens (tertiary/aromatic N) is 1. The van der Waals surface area contributed by atoms with Crippen LogP contribution >= 0.6 is 11.6 Å². The summed E-state index contributed by atoms with van der Waals surface area (Å²) in [4.78, 5) is 22.0. The fourth-order valence-corrected chi connectivity index (χ4v) is 1.95. The van der Waals surface area contributed by atoms with Gasteiger partial charge in [-0.05, 0) is 24.3 Å². The lowest BCUT2D eigenvalue weighted by Gasteiger charge is -2.08. The molecular weight excluding hydrogens is 324 g/mol. The molecule has 0 spiro atoms. The molecule has 0 aliphatic carbocycles. The number of benzene rings is 2. The van der Waals surface area contributed by atoms with Gasteiger partial charge >= 0.3 is 0 Å². The number of methoxy groups -OCH3 is 1. The van der Waals surface area contributed by atoms with Crippen LogP contribution in [0, 0.1) is 10.1 Å². The molecule has 0 fully saturated rings. The third kappa shape index (κ3) is 4.58. The molecule has 7 nitrogen and oxygen atoms in total. The van der Waals surface area contributed by atoms with E-state index >= 15 is 0 Å². The third-order valence-corrected chi connectivity index (χ3v) is 3.16. The first-order valence-electron chi connectivity index (χ1n) is 6.50. The van der Waals surface area contributed by atoms with Crippen molar-refractivity contribution in [2.45, 2.75) is 0 Å². The molecule has 0 bridgehead atoms. The molecule has 0 saturated carbocycles. The van der Waals surface area contributed by atoms with Gasteiger partial charge in [-0.3, -0.25) is 14.9 Å². The zero-order chi connectivity index (χ0) is 16.8. The highest BCUT2D eigenvalue weighted by Gasteiger charge is 2.14. The van der Waals surface area contributed by atoms with Crippen LogP contribution in [0.4, 0.5) is 11.4 Å². The maximum Gasteiger partial charge on any atom is 0.289 e. The Morgan fingerprint density at radius 2 is 2.00 bits per heavy atom. The Labute approximate surface area is 136 Å². The molecule has 0 aromatic heterocycles. The first-order chi connectivity index (χ1) is 11.0. The SMILES string of the molecule is COc1cccc(OCC(=O)Nc2ccc(Cl)c([N+](=O)[O-])c2)c1. The van der Waals surface area contributed by atoms with E-state index in [1.54, 1.807) is 24.3 Å². The van der Waals surface area contributed by atoms with E-state index in [1.807, 2.05) is 0 Å². The third-order valence-electron chi connectivity index (χ3n) is 2.84. The number of halogens is 1. The highest BCUT2D eigenvalue weighted by atomic mass is 35.5. The summed E-state index contributed by atoms with van der Waals surface area (Å²) in [6.07, 6.45) is 0. The molecule has 2 aromatic rings. The van der Waals surface area contributed by atoms with Crippen LogP contribution in [0.1, 0.15) is 0 Å². The summed E-state index contributed by atoms with van der Waals surface area (Å²) < 4.78 is 10.4. The van der Waals surface area contributed by atoms with Gasteiger partial charge in [-0.15, -0.1) is 0 Å². The van der Waals surface area contributed by atoms with Crippen LogP contribution in [0.2, 0.25) is 5.02 Å². The Morgan fingerprint density at radius 3 is 2.70 bits per heavy atom. The molecule has 0 heterocycles. The van der Waals surface area contributed by atoms with Crippen LogP contribution in [0.15, 0.2) is 42.5 Å². The van der Waals surface area contributed by atoms with Crippen LogP contribution in [0.3, 0.4) is 0 Å². The van der Waals surface area contributed by atoms with Crippen LogP contribution in [-0.4, -0.2) is 24.5 Å². The predicted octanol–water partition coefficient (Wildman–Crippen LogP) is 3.27. The van der Waals surface area contributed by atoms with Crippen molar-refractivity contribution in [3.05, 3.63) is 57.6 Å². The van der Waals surface area contributed by atoms with Crippen molar-refractivity contribution in [3.63, 3.8) is 0 Å². The van der Waals surface area contributed by atoms with Crippen LogP contribution in [-0.2, 0) is 4.79 Å². The minimum absolute atomic E-state index is 0.000583. The molecule has 0 saturated heterocycles. The predicted molar refractivity (Wildman–Crippen MR) is 85.2 cm³/mol. The Morgan fingerprint density at radius 1 is 1.26 bits per heavy atom. The van der Waals surface area contributed by atoms with E-state index < -0.39 is 10.8 Å².